The molecule has 1 amide bonds. The lowest BCUT2D eigenvalue weighted by molar-refractivity contribution is -0.924. The van der Waals surface area contributed by atoms with Crippen LogP contribution in [-0.4, -0.2) is 31.6 Å². The summed E-state index contributed by atoms with van der Waals surface area (Å²) in [7, 11) is 1.35. The fourth-order valence-corrected chi connectivity index (χ4v) is 3.40. The van der Waals surface area contributed by atoms with E-state index in [9.17, 15) is 14.0 Å². The molecule has 1 unspecified atom stereocenters. The summed E-state index contributed by atoms with van der Waals surface area (Å²) >= 11 is 5.74. The van der Waals surface area contributed by atoms with Gasteiger partial charge in [-0.1, -0.05) is 35.9 Å². The van der Waals surface area contributed by atoms with Crippen molar-refractivity contribution in [1.82, 2.24) is 0 Å². The molecule has 0 fully saturated rings. The number of fused-ring (bicyclic) bond motifs is 1. The fourth-order valence-electron chi connectivity index (χ4n) is 3.22. The van der Waals surface area contributed by atoms with Crippen LogP contribution in [0.2, 0.25) is 5.02 Å². The molecule has 3 rings (SSSR count). The van der Waals surface area contributed by atoms with Gasteiger partial charge < -0.3 is 15.0 Å². The second-order valence-corrected chi connectivity index (χ2v) is 6.64. The number of esters is 1. The summed E-state index contributed by atoms with van der Waals surface area (Å²) in [5.74, 6) is -1.17. The number of hydrogen-bond acceptors (Lipinski definition) is 3. The fraction of sp³-hybridized carbons (Fsp3) is 0.263. The van der Waals surface area contributed by atoms with Gasteiger partial charge in [0.15, 0.2) is 12.6 Å². The maximum atomic E-state index is 13.2. The predicted molar refractivity (Wildman–Crippen MR) is 95.5 cm³/mol. The van der Waals surface area contributed by atoms with E-state index in [-0.39, 0.29) is 23.4 Å². The minimum absolute atomic E-state index is 0.0607. The summed E-state index contributed by atoms with van der Waals surface area (Å²) in [4.78, 5) is 25.4. The average Bonchev–Trinajstić information content (AvgIpc) is 2.63. The largest absolute Gasteiger partial charge is 0.465 e. The number of rotatable bonds is 4. The van der Waals surface area contributed by atoms with Gasteiger partial charge in [0.05, 0.1) is 12.1 Å². The van der Waals surface area contributed by atoms with Crippen LogP contribution in [0.15, 0.2) is 42.5 Å². The zero-order chi connectivity index (χ0) is 18.7. The Morgan fingerprint density at radius 2 is 2.00 bits per heavy atom. The summed E-state index contributed by atoms with van der Waals surface area (Å²) in [6, 6.07) is 11.4. The molecule has 2 aromatic rings. The van der Waals surface area contributed by atoms with E-state index < -0.39 is 11.9 Å². The molecule has 0 aromatic heterocycles. The van der Waals surface area contributed by atoms with Crippen molar-refractivity contribution >= 4 is 29.2 Å². The first-order valence-corrected chi connectivity index (χ1v) is 8.60. The van der Waals surface area contributed by atoms with Crippen LogP contribution in [0.5, 0.6) is 0 Å². The Kier molecular flexibility index (Phi) is 5.54. The number of methoxy groups -OCH3 is 1. The van der Waals surface area contributed by atoms with Gasteiger partial charge in [0.1, 0.15) is 12.4 Å². The van der Waals surface area contributed by atoms with Crippen molar-refractivity contribution in [2.24, 2.45) is 0 Å². The zero-order valence-electron chi connectivity index (χ0n) is 14.2. The van der Waals surface area contributed by atoms with Crippen LogP contribution in [0.25, 0.3) is 0 Å². The van der Waals surface area contributed by atoms with E-state index in [1.54, 1.807) is 0 Å². The third-order valence-corrected chi connectivity index (χ3v) is 4.82. The molecule has 2 atom stereocenters. The van der Waals surface area contributed by atoms with Crippen molar-refractivity contribution in [2.45, 2.75) is 19.0 Å². The number of nitrogens with one attached hydrogen (secondary N) is 2. The lowest BCUT2D eigenvalue weighted by Crippen LogP contribution is -3.17. The molecule has 7 heteroatoms. The summed E-state index contributed by atoms with van der Waals surface area (Å²) in [6.45, 7) is 0.636. The number of carbonyl (C=O) groups excluding carboxylic acids is 2. The van der Waals surface area contributed by atoms with Crippen molar-refractivity contribution in [2.75, 3.05) is 19.0 Å². The molecule has 2 N–H and O–H groups in total. The Morgan fingerprint density at radius 3 is 2.69 bits per heavy atom. The molecule has 136 valence electrons. The first kappa shape index (κ1) is 18.4. The van der Waals surface area contributed by atoms with Gasteiger partial charge >= 0.3 is 5.97 Å². The Hall–Kier alpha value is -2.44. The van der Waals surface area contributed by atoms with Gasteiger partial charge in [0.25, 0.3) is 5.91 Å². The molecule has 1 heterocycles. The molecule has 5 nitrogen and oxygen atoms in total. The molecular weight excluding hydrogens is 359 g/mol. The highest BCUT2D eigenvalue weighted by atomic mass is 35.5. The zero-order valence-corrected chi connectivity index (χ0v) is 15.0. The van der Waals surface area contributed by atoms with Crippen LogP contribution >= 0.6 is 11.6 Å². The number of ether oxygens (including phenoxy) is 1. The van der Waals surface area contributed by atoms with Gasteiger partial charge in [-0.25, -0.2) is 9.18 Å². The lowest BCUT2D eigenvalue weighted by atomic mass is 9.94. The summed E-state index contributed by atoms with van der Waals surface area (Å²) in [5, 5.41) is 2.64. The SMILES string of the molecule is COC(=O)[C@@H]1Cc2ccccc2C[NH+]1CC(=O)Nc1ccc(F)c(Cl)c1. The minimum atomic E-state index is -0.548. The highest BCUT2D eigenvalue weighted by molar-refractivity contribution is 6.31. The average molecular weight is 378 g/mol. The van der Waals surface area contributed by atoms with Crippen LogP contribution in [-0.2, 0) is 27.3 Å². The van der Waals surface area contributed by atoms with Gasteiger partial charge in [0.2, 0.25) is 0 Å². The second-order valence-electron chi connectivity index (χ2n) is 6.24. The molecule has 2 aromatic carbocycles. The van der Waals surface area contributed by atoms with Crippen molar-refractivity contribution in [3.8, 4) is 0 Å². The van der Waals surface area contributed by atoms with Crippen LogP contribution in [0.1, 0.15) is 11.1 Å². The van der Waals surface area contributed by atoms with Crippen LogP contribution < -0.4 is 10.2 Å². The lowest BCUT2D eigenvalue weighted by Gasteiger charge is -2.31. The Morgan fingerprint density at radius 1 is 1.27 bits per heavy atom. The predicted octanol–water partition coefficient (Wildman–Crippen LogP) is 1.60. The van der Waals surface area contributed by atoms with E-state index in [0.717, 1.165) is 16.0 Å². The summed E-state index contributed by atoms with van der Waals surface area (Å²) < 4.78 is 18.1. The molecule has 1 aliphatic heterocycles. The highest BCUT2D eigenvalue weighted by Gasteiger charge is 2.37. The van der Waals surface area contributed by atoms with Crippen LogP contribution in [0.4, 0.5) is 10.1 Å². The first-order chi connectivity index (χ1) is 12.5. The number of amides is 1. The Bertz CT molecular complexity index is 843. The summed E-state index contributed by atoms with van der Waals surface area (Å²) in [6.07, 6.45) is 0.522. The number of benzene rings is 2. The molecule has 0 aliphatic carbocycles. The standard InChI is InChI=1S/C19H18ClFN2O3/c1-26-19(25)17-8-12-4-2-3-5-13(12)10-23(17)11-18(24)22-14-6-7-16(21)15(20)9-14/h2-7,9,17H,8,10-11H2,1H3,(H,22,24)/p+1/t17-/m0/s1. The molecule has 0 bridgehead atoms. The van der Waals surface area contributed by atoms with Crippen molar-refractivity contribution in [3.05, 3.63) is 64.4 Å². The van der Waals surface area contributed by atoms with E-state index >= 15 is 0 Å². The molecule has 0 radical (unpaired) electrons. The number of carbonyl (C=O) groups is 2. The second kappa shape index (κ2) is 7.85. The topological polar surface area (TPSA) is 59.8 Å². The van der Waals surface area contributed by atoms with Gasteiger partial charge in [-0.3, -0.25) is 4.79 Å². The molecular formula is C19H19ClFN2O3+. The third-order valence-electron chi connectivity index (χ3n) is 4.53. The van der Waals surface area contributed by atoms with E-state index in [1.807, 2.05) is 24.3 Å². The van der Waals surface area contributed by atoms with Crippen molar-refractivity contribution in [1.29, 1.82) is 0 Å². The molecule has 1 aliphatic rings. The van der Waals surface area contributed by atoms with Gasteiger partial charge in [-0.05, 0) is 23.8 Å². The molecule has 0 saturated carbocycles. The Balaban J connectivity index is 1.74. The monoisotopic (exact) mass is 377 g/mol. The summed E-state index contributed by atoms with van der Waals surface area (Å²) in [5.41, 5.74) is 2.62. The first-order valence-electron chi connectivity index (χ1n) is 8.22. The van der Waals surface area contributed by atoms with E-state index in [4.69, 9.17) is 16.3 Å². The quantitative estimate of drug-likeness (QED) is 0.796. The van der Waals surface area contributed by atoms with E-state index in [2.05, 4.69) is 5.32 Å². The Labute approximate surface area is 155 Å². The van der Waals surface area contributed by atoms with Crippen LogP contribution in [0, 0.1) is 5.82 Å². The van der Waals surface area contributed by atoms with E-state index in [0.29, 0.717) is 18.7 Å². The van der Waals surface area contributed by atoms with Crippen molar-refractivity contribution < 1.29 is 23.6 Å². The molecule has 26 heavy (non-hydrogen) atoms. The van der Waals surface area contributed by atoms with E-state index in [1.165, 1.54) is 25.3 Å². The third kappa shape index (κ3) is 4.03. The van der Waals surface area contributed by atoms with Gasteiger partial charge in [-0.15, -0.1) is 0 Å². The minimum Gasteiger partial charge on any atom is -0.465 e. The van der Waals surface area contributed by atoms with Gasteiger partial charge in [0, 0.05) is 17.7 Å². The molecule has 0 spiro atoms. The smallest absolute Gasteiger partial charge is 0.365 e. The van der Waals surface area contributed by atoms with Gasteiger partial charge in [-0.2, -0.15) is 0 Å². The molecule has 0 saturated heterocycles. The van der Waals surface area contributed by atoms with Crippen LogP contribution in [0.3, 0.4) is 0 Å². The number of halogens is 2. The van der Waals surface area contributed by atoms with Crippen molar-refractivity contribution in [3.63, 3.8) is 0 Å². The number of quaternary nitrogens is 1. The maximum Gasteiger partial charge on any atom is 0.365 e. The number of hydrogen-bond donors (Lipinski definition) is 2. The number of anilines is 1. The highest BCUT2D eigenvalue weighted by Crippen LogP contribution is 2.19. The maximum absolute atomic E-state index is 13.2. The normalized spacial score (nSPS) is 18.7.